The number of fused-ring (bicyclic) bond motifs is 5. The van der Waals surface area contributed by atoms with Crippen molar-refractivity contribution in [1.29, 1.82) is 0 Å². The van der Waals surface area contributed by atoms with Crippen molar-refractivity contribution in [2.24, 2.45) is 0 Å². The van der Waals surface area contributed by atoms with Crippen molar-refractivity contribution in [2.45, 2.75) is 31.7 Å². The van der Waals surface area contributed by atoms with E-state index in [4.69, 9.17) is 2.74 Å². The topological polar surface area (TPSA) is 19.0 Å². The highest BCUT2D eigenvalue weighted by Gasteiger charge is 2.31. The molecule has 1 atom stereocenters. The average Bonchev–Trinajstić information content (AvgIpc) is 2.77. The Morgan fingerprint density at radius 1 is 1.29 bits per heavy atom. The minimum absolute atomic E-state index is 0.236. The summed E-state index contributed by atoms with van der Waals surface area (Å²) in [7, 11) is 0. The highest BCUT2D eigenvalue weighted by atomic mass is 15.2. The van der Waals surface area contributed by atoms with Crippen LogP contribution in [-0.4, -0.2) is 22.9 Å². The first-order valence-corrected chi connectivity index (χ1v) is 6.53. The Kier molecular flexibility index (Phi) is 1.68. The van der Waals surface area contributed by atoms with Gasteiger partial charge in [-0.3, -0.25) is 4.90 Å². The second-order valence-electron chi connectivity index (χ2n) is 5.10. The molecule has 3 heterocycles. The molecule has 2 heteroatoms. The minimum Gasteiger partial charge on any atom is -0.357 e. The van der Waals surface area contributed by atoms with Gasteiger partial charge in [0, 0.05) is 25.8 Å². The van der Waals surface area contributed by atoms with Crippen LogP contribution in [0.4, 0.5) is 0 Å². The SMILES string of the molecule is [2H]C1([2H])Cc2c([nH]c3ccccc23)C2CCCCN21. The lowest BCUT2D eigenvalue weighted by Gasteiger charge is -2.39. The normalized spacial score (nSPS) is 29.3. The molecule has 0 aliphatic carbocycles. The minimum atomic E-state index is -1.21. The van der Waals surface area contributed by atoms with Crippen LogP contribution < -0.4 is 0 Å². The molecular weight excluding hydrogens is 208 g/mol. The summed E-state index contributed by atoms with van der Waals surface area (Å²) in [6.07, 6.45) is 3.89. The molecule has 0 spiro atoms. The summed E-state index contributed by atoms with van der Waals surface area (Å²) in [5.41, 5.74) is 3.61. The summed E-state index contributed by atoms with van der Waals surface area (Å²) in [5, 5.41) is 1.20. The third kappa shape index (κ3) is 1.37. The van der Waals surface area contributed by atoms with Gasteiger partial charge in [0.2, 0.25) is 0 Å². The van der Waals surface area contributed by atoms with Crippen molar-refractivity contribution in [3.8, 4) is 0 Å². The van der Waals surface area contributed by atoms with Crippen LogP contribution in [0.3, 0.4) is 0 Å². The van der Waals surface area contributed by atoms with E-state index in [1.54, 1.807) is 0 Å². The van der Waals surface area contributed by atoms with Gasteiger partial charge in [-0.2, -0.15) is 0 Å². The van der Waals surface area contributed by atoms with Gasteiger partial charge in [0.05, 0.1) is 6.04 Å². The Morgan fingerprint density at radius 2 is 2.24 bits per heavy atom. The molecule has 1 aromatic carbocycles. The largest absolute Gasteiger partial charge is 0.357 e. The number of hydrogen-bond donors (Lipinski definition) is 1. The van der Waals surface area contributed by atoms with Crippen LogP contribution in [0, 0.1) is 0 Å². The van der Waals surface area contributed by atoms with Crippen molar-refractivity contribution >= 4 is 10.9 Å². The maximum atomic E-state index is 8.37. The second-order valence-corrected chi connectivity index (χ2v) is 5.10. The van der Waals surface area contributed by atoms with Gasteiger partial charge < -0.3 is 4.98 Å². The van der Waals surface area contributed by atoms with Crippen molar-refractivity contribution in [1.82, 2.24) is 9.88 Å². The molecule has 1 aromatic heterocycles. The van der Waals surface area contributed by atoms with E-state index in [2.05, 4.69) is 22.0 Å². The molecule has 2 aromatic rings. The fourth-order valence-corrected chi connectivity index (χ4v) is 3.30. The number of aromatic amines is 1. The summed E-state index contributed by atoms with van der Waals surface area (Å²) in [5.74, 6) is 0. The summed E-state index contributed by atoms with van der Waals surface area (Å²) in [6.45, 7) is -0.324. The number of aryl methyl sites for hydroxylation is 1. The predicted octanol–water partition coefficient (Wildman–Crippen LogP) is 3.25. The summed E-state index contributed by atoms with van der Waals surface area (Å²) in [6, 6.07) is 8.52. The molecule has 1 unspecified atom stereocenters. The van der Waals surface area contributed by atoms with Gasteiger partial charge in [0.15, 0.2) is 0 Å². The first-order valence-electron chi connectivity index (χ1n) is 7.53. The quantitative estimate of drug-likeness (QED) is 0.733. The van der Waals surface area contributed by atoms with Crippen LogP contribution in [-0.2, 0) is 6.42 Å². The summed E-state index contributed by atoms with van der Waals surface area (Å²) >= 11 is 0. The molecular formula is C15H18N2. The Bertz CT molecular complexity index is 632. The third-order valence-corrected chi connectivity index (χ3v) is 4.14. The molecule has 1 fully saturated rings. The molecule has 2 nitrogen and oxygen atoms in total. The van der Waals surface area contributed by atoms with Crippen LogP contribution >= 0.6 is 0 Å². The van der Waals surface area contributed by atoms with E-state index < -0.39 is 6.50 Å². The van der Waals surface area contributed by atoms with E-state index in [1.165, 1.54) is 23.1 Å². The Hall–Kier alpha value is -1.28. The van der Waals surface area contributed by atoms with Crippen molar-refractivity contribution in [3.63, 3.8) is 0 Å². The number of benzene rings is 1. The molecule has 4 rings (SSSR count). The van der Waals surface area contributed by atoms with Gasteiger partial charge in [-0.05, 0) is 37.4 Å². The molecule has 0 radical (unpaired) electrons. The van der Waals surface area contributed by atoms with Crippen LogP contribution in [0.15, 0.2) is 24.3 Å². The number of rotatable bonds is 0. The maximum absolute atomic E-state index is 8.37. The smallest absolute Gasteiger partial charge is 0.0501 e. The summed E-state index contributed by atoms with van der Waals surface area (Å²) < 4.78 is 16.7. The van der Waals surface area contributed by atoms with E-state index in [9.17, 15) is 0 Å². The van der Waals surface area contributed by atoms with Crippen LogP contribution in [0.1, 0.15) is 39.3 Å². The van der Waals surface area contributed by atoms with Gasteiger partial charge in [0.1, 0.15) is 0 Å². The van der Waals surface area contributed by atoms with E-state index >= 15 is 0 Å². The number of piperidine rings is 1. The maximum Gasteiger partial charge on any atom is 0.0501 e. The summed E-state index contributed by atoms with van der Waals surface area (Å²) in [4.78, 5) is 5.61. The molecule has 0 amide bonds. The highest BCUT2D eigenvalue weighted by Crippen LogP contribution is 2.38. The van der Waals surface area contributed by atoms with Gasteiger partial charge in [-0.25, -0.2) is 0 Å². The number of para-hydroxylation sites is 1. The highest BCUT2D eigenvalue weighted by molar-refractivity contribution is 5.85. The Labute approximate surface area is 104 Å². The van der Waals surface area contributed by atoms with Crippen LogP contribution in [0.2, 0.25) is 0 Å². The molecule has 2 aliphatic rings. The van der Waals surface area contributed by atoms with Gasteiger partial charge in [-0.15, -0.1) is 0 Å². The lowest BCUT2D eigenvalue weighted by atomic mass is 9.91. The standard InChI is InChI=1S/C15H18N2/c1-2-6-13-11(5-1)12-8-10-17-9-4-3-7-14(17)15(12)16-13/h1-2,5-6,14,16H,3-4,7-10H2/i10D2. The molecule has 2 aliphatic heterocycles. The zero-order valence-corrected chi connectivity index (χ0v) is 9.87. The Balaban J connectivity index is 1.94. The average molecular weight is 228 g/mol. The predicted molar refractivity (Wildman–Crippen MR) is 70.2 cm³/mol. The van der Waals surface area contributed by atoms with Crippen molar-refractivity contribution < 1.29 is 2.74 Å². The fraction of sp³-hybridized carbons (Fsp3) is 0.467. The molecule has 17 heavy (non-hydrogen) atoms. The number of nitrogens with one attached hydrogen (secondary N) is 1. The molecule has 0 saturated carbocycles. The third-order valence-electron chi connectivity index (χ3n) is 4.14. The molecule has 88 valence electrons. The fourth-order valence-electron chi connectivity index (χ4n) is 3.30. The van der Waals surface area contributed by atoms with Gasteiger partial charge >= 0.3 is 0 Å². The number of nitrogens with zero attached hydrogens (tertiary/aromatic N) is 1. The van der Waals surface area contributed by atoms with Gasteiger partial charge in [0.25, 0.3) is 0 Å². The number of hydrogen-bond acceptors (Lipinski definition) is 1. The molecule has 1 saturated heterocycles. The zero-order chi connectivity index (χ0) is 13.0. The first-order chi connectivity index (χ1) is 9.17. The second kappa shape index (κ2) is 3.61. The Morgan fingerprint density at radius 3 is 3.24 bits per heavy atom. The molecule has 0 bridgehead atoms. The lowest BCUT2D eigenvalue weighted by molar-refractivity contribution is 0.136. The van der Waals surface area contributed by atoms with E-state index in [-0.39, 0.29) is 6.04 Å². The van der Waals surface area contributed by atoms with Crippen LogP contribution in [0.5, 0.6) is 0 Å². The zero-order valence-electron chi connectivity index (χ0n) is 11.9. The number of aromatic nitrogens is 1. The van der Waals surface area contributed by atoms with Crippen molar-refractivity contribution in [2.75, 3.05) is 13.0 Å². The molecule has 1 N–H and O–H groups in total. The first kappa shape index (κ1) is 7.93. The van der Waals surface area contributed by atoms with Crippen molar-refractivity contribution in [3.05, 3.63) is 35.5 Å². The van der Waals surface area contributed by atoms with Gasteiger partial charge in [-0.1, -0.05) is 24.6 Å². The van der Waals surface area contributed by atoms with E-state index in [0.29, 0.717) is 6.42 Å². The van der Waals surface area contributed by atoms with E-state index in [1.807, 2.05) is 12.1 Å². The number of H-pyrrole nitrogens is 1. The van der Waals surface area contributed by atoms with E-state index in [0.717, 1.165) is 24.9 Å². The monoisotopic (exact) mass is 228 g/mol. The van der Waals surface area contributed by atoms with Crippen LogP contribution in [0.25, 0.3) is 10.9 Å². The lowest BCUT2D eigenvalue weighted by Crippen LogP contribution is -2.38.